The SMILES string of the molecule is COc1ccc(CCC(=O)OCC(=O)NC(=O)NC(C)C)cc1. The number of aryl methyl sites for hydroxylation is 1. The summed E-state index contributed by atoms with van der Waals surface area (Å²) in [6, 6.07) is 6.63. The zero-order valence-electron chi connectivity index (χ0n) is 13.5. The van der Waals surface area contributed by atoms with Gasteiger partial charge >= 0.3 is 12.0 Å². The van der Waals surface area contributed by atoms with Gasteiger partial charge < -0.3 is 14.8 Å². The molecule has 126 valence electrons. The van der Waals surface area contributed by atoms with Crippen molar-refractivity contribution in [3.05, 3.63) is 29.8 Å². The smallest absolute Gasteiger partial charge is 0.321 e. The topological polar surface area (TPSA) is 93.7 Å². The van der Waals surface area contributed by atoms with Gasteiger partial charge in [-0.1, -0.05) is 12.1 Å². The number of hydrogen-bond acceptors (Lipinski definition) is 5. The highest BCUT2D eigenvalue weighted by Gasteiger charge is 2.11. The second-order valence-corrected chi connectivity index (χ2v) is 5.19. The summed E-state index contributed by atoms with van der Waals surface area (Å²) in [7, 11) is 1.58. The Labute approximate surface area is 135 Å². The number of nitrogens with one attached hydrogen (secondary N) is 2. The van der Waals surface area contributed by atoms with Crippen LogP contribution < -0.4 is 15.4 Å². The van der Waals surface area contributed by atoms with Crippen LogP contribution in [0.4, 0.5) is 4.79 Å². The minimum Gasteiger partial charge on any atom is -0.497 e. The van der Waals surface area contributed by atoms with Crippen molar-refractivity contribution >= 4 is 17.9 Å². The van der Waals surface area contributed by atoms with Crippen molar-refractivity contribution in [2.75, 3.05) is 13.7 Å². The summed E-state index contributed by atoms with van der Waals surface area (Å²) in [6.07, 6.45) is 0.649. The molecular weight excluding hydrogens is 300 g/mol. The van der Waals surface area contributed by atoms with Gasteiger partial charge in [-0.05, 0) is 38.0 Å². The number of esters is 1. The highest BCUT2D eigenvalue weighted by molar-refractivity contribution is 5.95. The highest BCUT2D eigenvalue weighted by atomic mass is 16.5. The molecule has 0 spiro atoms. The summed E-state index contributed by atoms with van der Waals surface area (Å²) in [4.78, 5) is 34.3. The Morgan fingerprint density at radius 2 is 1.78 bits per heavy atom. The maximum absolute atomic E-state index is 11.6. The van der Waals surface area contributed by atoms with Gasteiger partial charge in [0.25, 0.3) is 5.91 Å². The van der Waals surface area contributed by atoms with Gasteiger partial charge in [0.15, 0.2) is 6.61 Å². The van der Waals surface area contributed by atoms with Crippen LogP contribution in [0.15, 0.2) is 24.3 Å². The van der Waals surface area contributed by atoms with Gasteiger partial charge in [-0.3, -0.25) is 14.9 Å². The minimum atomic E-state index is -0.666. The van der Waals surface area contributed by atoms with Crippen molar-refractivity contribution in [1.82, 2.24) is 10.6 Å². The normalized spacial score (nSPS) is 10.1. The van der Waals surface area contributed by atoms with Crippen LogP contribution in [-0.4, -0.2) is 37.7 Å². The Hall–Kier alpha value is -2.57. The zero-order chi connectivity index (χ0) is 17.2. The summed E-state index contributed by atoms with van der Waals surface area (Å²) in [5.41, 5.74) is 0.962. The fourth-order valence-electron chi connectivity index (χ4n) is 1.72. The summed E-state index contributed by atoms with van der Waals surface area (Å²) in [5.74, 6) is -0.422. The first-order valence-corrected chi connectivity index (χ1v) is 7.29. The fourth-order valence-corrected chi connectivity index (χ4v) is 1.72. The quantitative estimate of drug-likeness (QED) is 0.740. The molecule has 1 aromatic rings. The van der Waals surface area contributed by atoms with Crippen molar-refractivity contribution in [2.45, 2.75) is 32.7 Å². The van der Waals surface area contributed by atoms with Crippen LogP contribution in [0, 0.1) is 0 Å². The molecule has 0 aliphatic rings. The van der Waals surface area contributed by atoms with E-state index in [9.17, 15) is 14.4 Å². The van der Waals surface area contributed by atoms with E-state index < -0.39 is 24.5 Å². The van der Waals surface area contributed by atoms with Crippen molar-refractivity contribution < 1.29 is 23.9 Å². The molecule has 0 bridgehead atoms. The molecule has 3 amide bonds. The van der Waals surface area contributed by atoms with Crippen molar-refractivity contribution in [1.29, 1.82) is 0 Å². The number of hydrogen-bond donors (Lipinski definition) is 2. The van der Waals surface area contributed by atoms with E-state index in [-0.39, 0.29) is 12.5 Å². The van der Waals surface area contributed by atoms with E-state index in [1.807, 2.05) is 12.1 Å². The lowest BCUT2D eigenvalue weighted by atomic mass is 10.1. The predicted octanol–water partition coefficient (Wildman–Crippen LogP) is 1.41. The number of imide groups is 1. The van der Waals surface area contributed by atoms with Crippen molar-refractivity contribution in [3.63, 3.8) is 0 Å². The first-order valence-electron chi connectivity index (χ1n) is 7.29. The Morgan fingerprint density at radius 3 is 2.35 bits per heavy atom. The monoisotopic (exact) mass is 322 g/mol. The molecule has 7 nitrogen and oxygen atoms in total. The van der Waals surface area contributed by atoms with Gasteiger partial charge in [0.05, 0.1) is 7.11 Å². The molecule has 0 radical (unpaired) electrons. The van der Waals surface area contributed by atoms with Crippen LogP contribution in [0.2, 0.25) is 0 Å². The van der Waals surface area contributed by atoms with Gasteiger partial charge in [-0.15, -0.1) is 0 Å². The molecule has 0 unspecified atom stereocenters. The molecule has 0 atom stereocenters. The predicted molar refractivity (Wildman–Crippen MR) is 84.1 cm³/mol. The van der Waals surface area contributed by atoms with Gasteiger partial charge in [-0.25, -0.2) is 4.79 Å². The molecule has 23 heavy (non-hydrogen) atoms. The lowest BCUT2D eigenvalue weighted by Gasteiger charge is -2.09. The van der Waals surface area contributed by atoms with E-state index >= 15 is 0 Å². The summed E-state index contributed by atoms with van der Waals surface area (Å²) >= 11 is 0. The summed E-state index contributed by atoms with van der Waals surface area (Å²) < 4.78 is 9.87. The second-order valence-electron chi connectivity index (χ2n) is 5.19. The molecule has 7 heteroatoms. The third-order valence-corrected chi connectivity index (χ3v) is 2.81. The largest absolute Gasteiger partial charge is 0.497 e. The van der Waals surface area contributed by atoms with Crippen LogP contribution in [0.3, 0.4) is 0 Å². The molecule has 0 saturated carbocycles. The molecule has 0 aliphatic carbocycles. The summed E-state index contributed by atoms with van der Waals surface area (Å²) in [5, 5.41) is 4.57. The van der Waals surface area contributed by atoms with Crippen LogP contribution in [0.25, 0.3) is 0 Å². The first-order chi connectivity index (χ1) is 10.9. The van der Waals surface area contributed by atoms with Crippen LogP contribution in [0.5, 0.6) is 5.75 Å². The number of benzene rings is 1. The van der Waals surface area contributed by atoms with E-state index in [4.69, 9.17) is 9.47 Å². The van der Waals surface area contributed by atoms with E-state index in [2.05, 4.69) is 10.6 Å². The number of methoxy groups -OCH3 is 1. The second kappa shape index (κ2) is 9.45. The van der Waals surface area contributed by atoms with Crippen LogP contribution >= 0.6 is 0 Å². The Kier molecular flexibility index (Phi) is 7.59. The van der Waals surface area contributed by atoms with E-state index in [1.54, 1.807) is 33.1 Å². The van der Waals surface area contributed by atoms with E-state index in [0.717, 1.165) is 11.3 Å². The van der Waals surface area contributed by atoms with Gasteiger partial charge in [0, 0.05) is 12.5 Å². The van der Waals surface area contributed by atoms with Gasteiger partial charge in [0.1, 0.15) is 5.75 Å². The number of ether oxygens (including phenoxy) is 2. The molecule has 0 aliphatic heterocycles. The lowest BCUT2D eigenvalue weighted by Crippen LogP contribution is -2.44. The highest BCUT2D eigenvalue weighted by Crippen LogP contribution is 2.12. The number of rotatable bonds is 7. The zero-order valence-corrected chi connectivity index (χ0v) is 13.5. The first kappa shape index (κ1) is 18.5. The molecular formula is C16H22N2O5. The molecule has 1 aromatic carbocycles. The maximum Gasteiger partial charge on any atom is 0.321 e. The molecule has 0 fully saturated rings. The average Bonchev–Trinajstić information content (AvgIpc) is 2.50. The molecule has 1 rings (SSSR count). The summed E-state index contributed by atoms with van der Waals surface area (Å²) in [6.45, 7) is 3.06. The number of urea groups is 1. The minimum absolute atomic E-state index is 0.0881. The van der Waals surface area contributed by atoms with Crippen molar-refractivity contribution in [3.8, 4) is 5.75 Å². The van der Waals surface area contributed by atoms with Gasteiger partial charge in [-0.2, -0.15) is 0 Å². The molecule has 0 heterocycles. The Balaban J connectivity index is 2.25. The Bertz CT molecular complexity index is 540. The van der Waals surface area contributed by atoms with E-state index in [0.29, 0.717) is 6.42 Å². The number of carbonyl (C=O) groups is 3. The molecule has 0 saturated heterocycles. The van der Waals surface area contributed by atoms with E-state index in [1.165, 1.54) is 0 Å². The fraction of sp³-hybridized carbons (Fsp3) is 0.438. The molecule has 0 aromatic heterocycles. The third-order valence-electron chi connectivity index (χ3n) is 2.81. The molecule has 2 N–H and O–H groups in total. The van der Waals surface area contributed by atoms with Crippen LogP contribution in [0.1, 0.15) is 25.8 Å². The average molecular weight is 322 g/mol. The maximum atomic E-state index is 11.6. The van der Waals surface area contributed by atoms with Gasteiger partial charge in [0.2, 0.25) is 0 Å². The number of carbonyl (C=O) groups excluding carboxylic acids is 3. The van der Waals surface area contributed by atoms with Crippen molar-refractivity contribution in [2.24, 2.45) is 0 Å². The third kappa shape index (κ3) is 7.85. The lowest BCUT2D eigenvalue weighted by molar-refractivity contribution is -0.148. The Morgan fingerprint density at radius 1 is 1.13 bits per heavy atom. The van der Waals surface area contributed by atoms with Crippen LogP contribution in [-0.2, 0) is 20.7 Å². The number of amides is 3. The standard InChI is InChI=1S/C16H22N2O5/c1-11(2)17-16(21)18-14(19)10-23-15(20)9-6-12-4-7-13(22-3)8-5-12/h4-5,7-8,11H,6,9-10H2,1-3H3,(H2,17,18,19,21).